The second-order valence-corrected chi connectivity index (χ2v) is 18.9. The van der Waals surface area contributed by atoms with Gasteiger partial charge in [0.25, 0.3) is 0 Å². The third-order valence-electron chi connectivity index (χ3n) is 12.1. The Balaban J connectivity index is 1.42. The third kappa shape index (κ3) is 6.13. The van der Waals surface area contributed by atoms with E-state index < -0.39 is 13.7 Å². The number of nitrogens with zero attached hydrogens (tertiary/aromatic N) is 2. The zero-order chi connectivity index (χ0) is 46.0. The number of imidazole rings is 1. The summed E-state index contributed by atoms with van der Waals surface area (Å²) < 4.78 is 61.6. The van der Waals surface area contributed by atoms with E-state index in [2.05, 4.69) is 142 Å². The average Bonchev–Trinajstić information content (AvgIpc) is 3.78. The molecule has 3 heteroatoms. The monoisotopic (exact) mass is 766 g/mol. The molecule has 0 aliphatic carbocycles. The van der Waals surface area contributed by atoms with Gasteiger partial charge in [0.15, 0.2) is 0 Å². The summed E-state index contributed by atoms with van der Waals surface area (Å²) >= 11 is 0. The second kappa shape index (κ2) is 13.4. The van der Waals surface area contributed by atoms with Crippen LogP contribution in [0.1, 0.15) is 123 Å². The topological polar surface area (TPSA) is 31.0 Å². The number of para-hydroxylation sites is 1. The molecule has 58 heavy (non-hydrogen) atoms. The van der Waals surface area contributed by atoms with Crippen molar-refractivity contribution in [3.63, 3.8) is 0 Å². The Labute approximate surface area is 352 Å². The zero-order valence-corrected chi connectivity index (χ0v) is 35.3. The molecular weight excluding hydrogens is 705 g/mol. The normalized spacial score (nSPS) is 14.8. The van der Waals surface area contributed by atoms with Crippen LogP contribution in [0.25, 0.3) is 82.7 Å². The fraction of sp³-hybridized carbons (Fsp3) is 0.291. The summed E-state index contributed by atoms with van der Waals surface area (Å²) in [5, 5.41) is 6.32. The van der Waals surface area contributed by atoms with Crippen molar-refractivity contribution in [2.75, 3.05) is 0 Å². The summed E-state index contributed by atoms with van der Waals surface area (Å²) in [6.07, 6.45) is 0. The number of benzene rings is 7. The number of hydrogen-bond donors (Lipinski definition) is 0. The number of rotatable bonds is 5. The van der Waals surface area contributed by atoms with Gasteiger partial charge in [0.05, 0.1) is 22.3 Å². The predicted octanol–water partition coefficient (Wildman–Crippen LogP) is 16.0. The van der Waals surface area contributed by atoms with E-state index in [0.717, 1.165) is 65.8 Å². The first kappa shape index (κ1) is 31.3. The van der Waals surface area contributed by atoms with Gasteiger partial charge in [-0.2, -0.15) is 0 Å². The number of furan rings is 1. The van der Waals surface area contributed by atoms with Gasteiger partial charge in [0, 0.05) is 19.0 Å². The number of hydrogen-bond acceptors (Lipinski definition) is 2. The molecule has 9 aromatic rings. The van der Waals surface area contributed by atoms with Crippen molar-refractivity contribution in [1.29, 1.82) is 0 Å². The van der Waals surface area contributed by atoms with E-state index in [1.54, 1.807) is 6.07 Å². The first-order chi connectivity index (χ1) is 29.9. The SMILES string of the molecule is [2H]C([2H])([2H])c1ccc2nc(-c3cccc4c3oc3cc5c(ccc6ccccc65)cc34)n(-c3c(C(C)C)cc(-c4cc(C(C)(C)C)cc(C(C)(C)C)c4)cc3C(C)C)c2c1C([2H])([2H])[2H]. The quantitative estimate of drug-likeness (QED) is 0.163. The molecule has 0 fully saturated rings. The lowest BCUT2D eigenvalue weighted by Gasteiger charge is -2.28. The molecule has 292 valence electrons. The van der Waals surface area contributed by atoms with Crippen LogP contribution in [0, 0.1) is 13.7 Å². The van der Waals surface area contributed by atoms with Gasteiger partial charge in [-0.3, -0.25) is 4.57 Å². The lowest BCUT2D eigenvalue weighted by molar-refractivity contribution is 0.569. The van der Waals surface area contributed by atoms with Crippen LogP contribution in [-0.4, -0.2) is 9.55 Å². The van der Waals surface area contributed by atoms with Gasteiger partial charge in [0.1, 0.15) is 17.0 Å². The molecule has 0 saturated carbocycles. The molecule has 2 heterocycles. The molecule has 0 unspecified atom stereocenters. The van der Waals surface area contributed by atoms with Gasteiger partial charge in [0.2, 0.25) is 0 Å². The highest BCUT2D eigenvalue weighted by Gasteiger charge is 2.28. The van der Waals surface area contributed by atoms with Crippen molar-refractivity contribution in [3.8, 4) is 28.2 Å². The first-order valence-corrected chi connectivity index (χ1v) is 20.6. The molecule has 0 N–H and O–H groups in total. The van der Waals surface area contributed by atoms with Gasteiger partial charge < -0.3 is 4.42 Å². The molecule has 0 aliphatic rings. The van der Waals surface area contributed by atoms with Crippen LogP contribution in [0.2, 0.25) is 0 Å². The Morgan fingerprint density at radius 2 is 1.26 bits per heavy atom. The van der Waals surface area contributed by atoms with E-state index in [4.69, 9.17) is 17.6 Å². The fourth-order valence-electron chi connectivity index (χ4n) is 8.69. The summed E-state index contributed by atoms with van der Waals surface area (Å²) in [6, 6.07) is 37.4. The largest absolute Gasteiger partial charge is 0.455 e. The van der Waals surface area contributed by atoms with Crippen molar-refractivity contribution < 1.29 is 12.6 Å². The molecule has 9 rings (SSSR count). The molecular formula is C55H56N2O. The Morgan fingerprint density at radius 3 is 1.91 bits per heavy atom. The lowest BCUT2D eigenvalue weighted by Crippen LogP contribution is -2.16. The first-order valence-electron chi connectivity index (χ1n) is 23.6. The fourth-order valence-corrected chi connectivity index (χ4v) is 8.69. The van der Waals surface area contributed by atoms with Crippen molar-refractivity contribution in [2.45, 2.75) is 106 Å². The minimum Gasteiger partial charge on any atom is -0.455 e. The summed E-state index contributed by atoms with van der Waals surface area (Å²) in [4.78, 5) is 5.30. The van der Waals surface area contributed by atoms with Crippen LogP contribution in [-0.2, 0) is 10.8 Å². The average molecular weight is 767 g/mol. The zero-order valence-electron chi connectivity index (χ0n) is 41.3. The molecule has 7 aromatic carbocycles. The molecule has 0 amide bonds. The second-order valence-electron chi connectivity index (χ2n) is 18.9. The van der Waals surface area contributed by atoms with Crippen LogP contribution in [0.3, 0.4) is 0 Å². The molecule has 3 nitrogen and oxygen atoms in total. The Kier molecular flexibility index (Phi) is 7.27. The summed E-state index contributed by atoms with van der Waals surface area (Å²) in [7, 11) is 0. The Bertz CT molecular complexity index is 3270. The summed E-state index contributed by atoms with van der Waals surface area (Å²) in [6.45, 7) is 16.6. The molecule has 0 radical (unpaired) electrons. The Hall–Kier alpha value is -5.67. The molecule has 0 saturated heterocycles. The highest BCUT2D eigenvalue weighted by atomic mass is 16.3. The van der Waals surface area contributed by atoms with Gasteiger partial charge >= 0.3 is 0 Å². The smallest absolute Gasteiger partial charge is 0.149 e. The predicted molar refractivity (Wildman–Crippen MR) is 249 cm³/mol. The molecule has 0 atom stereocenters. The molecule has 0 spiro atoms. The van der Waals surface area contributed by atoms with Crippen molar-refractivity contribution in [2.24, 2.45) is 0 Å². The van der Waals surface area contributed by atoms with Crippen LogP contribution in [0.15, 0.2) is 114 Å². The maximum absolute atomic E-state index is 8.97. The van der Waals surface area contributed by atoms with Crippen molar-refractivity contribution in [3.05, 3.63) is 143 Å². The van der Waals surface area contributed by atoms with Gasteiger partial charge in [-0.25, -0.2) is 4.98 Å². The van der Waals surface area contributed by atoms with E-state index in [0.29, 0.717) is 22.5 Å². The maximum Gasteiger partial charge on any atom is 0.149 e. The molecule has 2 aromatic heterocycles. The summed E-state index contributed by atoms with van der Waals surface area (Å²) in [5.41, 5.74) is 9.51. The molecule has 0 aliphatic heterocycles. The highest BCUT2D eigenvalue weighted by Crippen LogP contribution is 2.45. The van der Waals surface area contributed by atoms with Crippen LogP contribution in [0.5, 0.6) is 0 Å². The van der Waals surface area contributed by atoms with E-state index >= 15 is 0 Å². The van der Waals surface area contributed by atoms with E-state index in [1.165, 1.54) is 17.2 Å². The van der Waals surface area contributed by atoms with Crippen LogP contribution < -0.4 is 0 Å². The minimum absolute atomic E-state index is 0.0307. The maximum atomic E-state index is 8.97. The standard InChI is InChI=1S/C55H56N2O/c1-31(2)44-27-38(37-24-39(54(7,8)9)29-40(25-37)55(10,11)12)28-45(32(3)4)51(44)57-50-34(6)33(5)20-23-48(50)56-53(57)43-19-15-18-42-47-26-36-22-21-35-16-13-14-17-41(35)46(36)30-49(47)58-52(42)43/h13-32H,1-12H3/i5D3,6D3. The Morgan fingerprint density at radius 1 is 0.603 bits per heavy atom. The van der Waals surface area contributed by atoms with Crippen molar-refractivity contribution in [1.82, 2.24) is 9.55 Å². The highest BCUT2D eigenvalue weighted by molar-refractivity contribution is 6.17. The van der Waals surface area contributed by atoms with Gasteiger partial charge in [-0.05, 0) is 139 Å². The number of fused-ring (bicyclic) bond motifs is 7. The van der Waals surface area contributed by atoms with Crippen molar-refractivity contribution >= 4 is 54.5 Å². The lowest BCUT2D eigenvalue weighted by atomic mass is 9.78. The number of aromatic nitrogens is 2. The van der Waals surface area contributed by atoms with Crippen LogP contribution in [0.4, 0.5) is 0 Å². The summed E-state index contributed by atoms with van der Waals surface area (Å²) in [5.74, 6) is 0.415. The minimum atomic E-state index is -2.79. The van der Waals surface area contributed by atoms with Crippen LogP contribution >= 0.6 is 0 Å². The number of aryl methyl sites for hydroxylation is 2. The van der Waals surface area contributed by atoms with E-state index in [9.17, 15) is 0 Å². The van der Waals surface area contributed by atoms with E-state index in [-0.39, 0.29) is 39.3 Å². The third-order valence-corrected chi connectivity index (χ3v) is 12.1. The van der Waals surface area contributed by atoms with E-state index in [1.807, 2.05) is 28.8 Å². The van der Waals surface area contributed by atoms with Gasteiger partial charge in [-0.1, -0.05) is 142 Å². The molecule has 0 bridgehead atoms. The van der Waals surface area contributed by atoms with Gasteiger partial charge in [-0.15, -0.1) is 0 Å².